The lowest BCUT2D eigenvalue weighted by atomic mass is 9.91. The van der Waals surface area contributed by atoms with Crippen LogP contribution in [-0.4, -0.2) is 61.1 Å². The minimum atomic E-state index is -0.626. The normalized spacial score (nSPS) is 18.3. The molecule has 222 valence electrons. The predicted octanol–water partition coefficient (Wildman–Crippen LogP) is 4.27. The number of carbonyl (C=O) groups excluding carboxylic acids is 3. The molecule has 3 amide bonds. The number of anilines is 2. The van der Waals surface area contributed by atoms with E-state index >= 15 is 0 Å². The second-order valence-corrected chi connectivity index (χ2v) is 11.0. The number of nitrogens with zero attached hydrogens (tertiary/aromatic N) is 3. The van der Waals surface area contributed by atoms with Gasteiger partial charge in [0.2, 0.25) is 0 Å². The maximum absolute atomic E-state index is 13.2. The lowest BCUT2D eigenvalue weighted by Crippen LogP contribution is -2.49. The molecule has 0 aromatic heterocycles. The molecule has 1 heterocycles. The molecule has 0 atom stereocenters. The molecule has 5 rings (SSSR count). The number of rotatable bonds is 7. The molecule has 1 aliphatic carbocycles. The van der Waals surface area contributed by atoms with Gasteiger partial charge in [-0.25, -0.2) is 4.79 Å². The third-order valence-corrected chi connectivity index (χ3v) is 7.98. The Morgan fingerprint density at radius 1 is 0.884 bits per heavy atom. The first-order valence-corrected chi connectivity index (χ1v) is 14.6. The molecule has 10 nitrogen and oxygen atoms in total. The fourth-order valence-electron chi connectivity index (χ4n) is 5.47. The predicted molar refractivity (Wildman–Crippen MR) is 164 cm³/mol. The van der Waals surface area contributed by atoms with Gasteiger partial charge in [-0.2, -0.15) is 5.26 Å². The van der Waals surface area contributed by atoms with Gasteiger partial charge in [0.15, 0.2) is 0 Å². The van der Waals surface area contributed by atoms with Crippen molar-refractivity contribution in [3.63, 3.8) is 0 Å². The quantitative estimate of drug-likeness (QED) is 0.379. The summed E-state index contributed by atoms with van der Waals surface area (Å²) >= 11 is 0. The van der Waals surface area contributed by atoms with Crippen LogP contribution in [0.2, 0.25) is 0 Å². The molecule has 1 saturated carbocycles. The first-order valence-electron chi connectivity index (χ1n) is 14.6. The van der Waals surface area contributed by atoms with E-state index in [1.54, 1.807) is 41.3 Å². The van der Waals surface area contributed by atoms with Crippen molar-refractivity contribution in [2.45, 2.75) is 44.4 Å². The van der Waals surface area contributed by atoms with Crippen LogP contribution in [0.1, 0.15) is 57.5 Å². The van der Waals surface area contributed by atoms with Gasteiger partial charge in [0, 0.05) is 49.4 Å². The Balaban J connectivity index is 1.28. The number of carbonyl (C=O) groups is 3. The topological polar surface area (TPSA) is 141 Å². The van der Waals surface area contributed by atoms with Crippen molar-refractivity contribution >= 4 is 29.3 Å². The van der Waals surface area contributed by atoms with E-state index in [-0.39, 0.29) is 30.5 Å². The van der Waals surface area contributed by atoms with Crippen LogP contribution in [0, 0.1) is 11.3 Å². The Labute approximate surface area is 251 Å². The number of benzene rings is 3. The Kier molecular flexibility index (Phi) is 9.54. The minimum Gasteiger partial charge on any atom is -0.444 e. The molecular weight excluding hydrogens is 544 g/mol. The zero-order valence-electron chi connectivity index (χ0n) is 24.0. The SMILES string of the molecule is N#Cc1ccc(C(=O)N2CCN(c3ccc(C(=O)NC4CCC(N)CC4)cc3NC(=O)OCc3ccccc3)CC2)cc1. The molecule has 0 spiro atoms. The zero-order chi connectivity index (χ0) is 30.2. The molecule has 43 heavy (non-hydrogen) atoms. The Hall–Kier alpha value is -4.88. The number of ether oxygens (including phenoxy) is 1. The Morgan fingerprint density at radius 3 is 2.23 bits per heavy atom. The van der Waals surface area contributed by atoms with E-state index in [1.807, 2.05) is 36.4 Å². The summed E-state index contributed by atoms with van der Waals surface area (Å²) in [6.07, 6.45) is 2.81. The highest BCUT2D eigenvalue weighted by Gasteiger charge is 2.26. The van der Waals surface area contributed by atoms with E-state index in [0.29, 0.717) is 48.6 Å². The van der Waals surface area contributed by atoms with Crippen LogP contribution >= 0.6 is 0 Å². The average Bonchev–Trinajstić information content (AvgIpc) is 3.05. The molecule has 3 aromatic rings. The summed E-state index contributed by atoms with van der Waals surface area (Å²) in [4.78, 5) is 42.9. The zero-order valence-corrected chi connectivity index (χ0v) is 24.0. The largest absolute Gasteiger partial charge is 0.444 e. The van der Waals surface area contributed by atoms with Crippen molar-refractivity contribution in [3.05, 3.63) is 95.1 Å². The average molecular weight is 581 g/mol. The minimum absolute atomic E-state index is 0.0703. The first kappa shape index (κ1) is 29.6. The van der Waals surface area contributed by atoms with Crippen molar-refractivity contribution in [2.24, 2.45) is 5.73 Å². The van der Waals surface area contributed by atoms with Gasteiger partial charge in [0.05, 0.1) is 23.0 Å². The maximum atomic E-state index is 13.2. The number of hydrogen-bond donors (Lipinski definition) is 3. The van der Waals surface area contributed by atoms with Crippen molar-refractivity contribution in [1.29, 1.82) is 5.26 Å². The Morgan fingerprint density at radius 2 is 1.56 bits per heavy atom. The van der Waals surface area contributed by atoms with Gasteiger partial charge in [0.1, 0.15) is 6.61 Å². The summed E-state index contributed by atoms with van der Waals surface area (Å²) in [6, 6.07) is 23.6. The number of piperazine rings is 1. The lowest BCUT2D eigenvalue weighted by Gasteiger charge is -2.37. The van der Waals surface area contributed by atoms with E-state index < -0.39 is 6.09 Å². The fourth-order valence-corrected chi connectivity index (χ4v) is 5.47. The monoisotopic (exact) mass is 580 g/mol. The molecular formula is C33H36N6O4. The van der Waals surface area contributed by atoms with Crippen molar-refractivity contribution in [2.75, 3.05) is 36.4 Å². The standard InChI is InChI=1S/C33H36N6O4/c34-21-23-6-8-25(9-7-23)32(41)39-18-16-38(17-19-39)30-15-10-26(31(40)36-28-13-11-27(35)12-14-28)20-29(30)37-33(42)43-22-24-4-2-1-3-5-24/h1-10,15,20,27-28H,11-14,16-19,22,35H2,(H,36,40)(H,37,42). The molecule has 1 aliphatic heterocycles. The van der Waals surface area contributed by atoms with Crippen LogP contribution in [0.4, 0.5) is 16.2 Å². The van der Waals surface area contributed by atoms with E-state index in [9.17, 15) is 14.4 Å². The maximum Gasteiger partial charge on any atom is 0.412 e. The molecule has 0 unspecified atom stereocenters. The Bertz CT molecular complexity index is 1470. The summed E-state index contributed by atoms with van der Waals surface area (Å²) in [5, 5.41) is 15.0. The number of nitriles is 1. The second kappa shape index (κ2) is 13.9. The van der Waals surface area contributed by atoms with E-state index in [2.05, 4.69) is 21.6 Å². The van der Waals surface area contributed by atoms with Crippen LogP contribution < -0.4 is 21.3 Å². The number of nitrogens with two attached hydrogens (primary N) is 1. The van der Waals surface area contributed by atoms with Crippen molar-refractivity contribution in [3.8, 4) is 6.07 Å². The van der Waals surface area contributed by atoms with Crippen LogP contribution in [0.5, 0.6) is 0 Å². The third kappa shape index (κ3) is 7.70. The van der Waals surface area contributed by atoms with Crippen LogP contribution in [0.15, 0.2) is 72.8 Å². The third-order valence-electron chi connectivity index (χ3n) is 7.98. The van der Waals surface area contributed by atoms with E-state index in [0.717, 1.165) is 36.9 Å². The summed E-state index contributed by atoms with van der Waals surface area (Å²) in [6.45, 7) is 2.13. The number of hydrogen-bond acceptors (Lipinski definition) is 7. The lowest BCUT2D eigenvalue weighted by molar-refractivity contribution is 0.0746. The van der Waals surface area contributed by atoms with Crippen molar-refractivity contribution in [1.82, 2.24) is 10.2 Å². The second-order valence-electron chi connectivity index (χ2n) is 11.0. The molecule has 10 heteroatoms. The van der Waals surface area contributed by atoms with Gasteiger partial charge >= 0.3 is 6.09 Å². The molecule has 2 aliphatic rings. The van der Waals surface area contributed by atoms with Crippen molar-refractivity contribution < 1.29 is 19.1 Å². The highest BCUT2D eigenvalue weighted by molar-refractivity contribution is 5.99. The number of nitrogens with one attached hydrogen (secondary N) is 2. The fraction of sp³-hybridized carbons (Fsp3) is 0.333. The van der Waals surface area contributed by atoms with Crippen LogP contribution in [-0.2, 0) is 11.3 Å². The van der Waals surface area contributed by atoms with Gasteiger partial charge < -0.3 is 25.6 Å². The highest BCUT2D eigenvalue weighted by Crippen LogP contribution is 2.29. The molecule has 1 saturated heterocycles. The van der Waals surface area contributed by atoms with Gasteiger partial charge in [-0.05, 0) is 73.7 Å². The van der Waals surface area contributed by atoms with Gasteiger partial charge in [-0.1, -0.05) is 30.3 Å². The molecule has 0 bridgehead atoms. The smallest absolute Gasteiger partial charge is 0.412 e. The van der Waals surface area contributed by atoms with Crippen LogP contribution in [0.3, 0.4) is 0 Å². The summed E-state index contributed by atoms with van der Waals surface area (Å²) in [7, 11) is 0. The summed E-state index contributed by atoms with van der Waals surface area (Å²) in [5.74, 6) is -0.298. The van der Waals surface area contributed by atoms with E-state index in [1.165, 1.54) is 0 Å². The highest BCUT2D eigenvalue weighted by atomic mass is 16.5. The molecule has 2 fully saturated rings. The first-order chi connectivity index (χ1) is 20.9. The number of amides is 3. The van der Waals surface area contributed by atoms with Gasteiger partial charge in [0.25, 0.3) is 11.8 Å². The molecule has 3 aromatic carbocycles. The summed E-state index contributed by atoms with van der Waals surface area (Å²) in [5.41, 5.74) is 9.55. The summed E-state index contributed by atoms with van der Waals surface area (Å²) < 4.78 is 5.47. The molecule has 4 N–H and O–H groups in total. The molecule has 0 radical (unpaired) electrons. The van der Waals surface area contributed by atoms with Crippen LogP contribution in [0.25, 0.3) is 0 Å². The van der Waals surface area contributed by atoms with Gasteiger partial charge in [-0.15, -0.1) is 0 Å². The van der Waals surface area contributed by atoms with Gasteiger partial charge in [-0.3, -0.25) is 14.9 Å². The van der Waals surface area contributed by atoms with E-state index in [4.69, 9.17) is 15.7 Å².